The van der Waals surface area contributed by atoms with Gasteiger partial charge in [0.2, 0.25) is 0 Å². The highest BCUT2D eigenvalue weighted by atomic mass is 35.5. The van der Waals surface area contributed by atoms with Gasteiger partial charge in [-0.3, -0.25) is 9.89 Å². The first-order valence-electron chi connectivity index (χ1n) is 6.29. The minimum Gasteiger partial charge on any atom is -0.380 e. The van der Waals surface area contributed by atoms with Crippen LogP contribution in [0.2, 0.25) is 5.02 Å². The van der Waals surface area contributed by atoms with Crippen molar-refractivity contribution in [3.63, 3.8) is 0 Å². The van der Waals surface area contributed by atoms with E-state index in [9.17, 15) is 4.79 Å². The first kappa shape index (κ1) is 14.4. The van der Waals surface area contributed by atoms with Crippen molar-refractivity contribution in [2.45, 2.75) is 20.4 Å². The summed E-state index contributed by atoms with van der Waals surface area (Å²) in [6, 6.07) is 5.15. The average molecular weight is 293 g/mol. The van der Waals surface area contributed by atoms with Gasteiger partial charge < -0.3 is 10.6 Å². The van der Waals surface area contributed by atoms with Gasteiger partial charge in [-0.2, -0.15) is 5.10 Å². The van der Waals surface area contributed by atoms with Crippen molar-refractivity contribution in [1.29, 1.82) is 0 Å². The van der Waals surface area contributed by atoms with Crippen LogP contribution in [0.25, 0.3) is 0 Å². The fraction of sp³-hybridized carbons (Fsp3) is 0.286. The Morgan fingerprint density at radius 3 is 2.75 bits per heavy atom. The second kappa shape index (κ2) is 5.96. The average Bonchev–Trinajstić information content (AvgIpc) is 2.76. The number of hydrogen-bond acceptors (Lipinski definition) is 3. The van der Waals surface area contributed by atoms with Crippen LogP contribution in [0.4, 0.5) is 5.69 Å². The number of amides is 1. The molecule has 0 aliphatic rings. The van der Waals surface area contributed by atoms with Crippen molar-refractivity contribution >= 4 is 23.2 Å². The molecule has 0 bridgehead atoms. The number of benzene rings is 1. The zero-order chi connectivity index (χ0) is 14.7. The highest BCUT2D eigenvalue weighted by Gasteiger charge is 2.10. The van der Waals surface area contributed by atoms with E-state index in [0.29, 0.717) is 17.1 Å². The lowest BCUT2D eigenvalue weighted by molar-refractivity contribution is 0.0963. The van der Waals surface area contributed by atoms with Crippen LogP contribution in [0.3, 0.4) is 0 Å². The maximum absolute atomic E-state index is 11.6. The van der Waals surface area contributed by atoms with E-state index in [1.807, 2.05) is 13.8 Å². The number of aromatic amines is 1. The molecule has 1 aromatic heterocycles. The fourth-order valence-corrected chi connectivity index (χ4v) is 2.15. The zero-order valence-electron chi connectivity index (χ0n) is 11.7. The van der Waals surface area contributed by atoms with Crippen LogP contribution >= 0.6 is 11.6 Å². The van der Waals surface area contributed by atoms with E-state index < -0.39 is 0 Å². The van der Waals surface area contributed by atoms with E-state index in [2.05, 4.69) is 20.8 Å². The molecule has 2 rings (SSSR count). The Morgan fingerprint density at radius 2 is 2.15 bits per heavy atom. The van der Waals surface area contributed by atoms with E-state index in [0.717, 1.165) is 22.6 Å². The minimum atomic E-state index is -0.139. The molecule has 6 heteroatoms. The molecule has 0 unspecified atom stereocenters. The van der Waals surface area contributed by atoms with Gasteiger partial charge in [-0.1, -0.05) is 11.6 Å². The van der Waals surface area contributed by atoms with Gasteiger partial charge >= 0.3 is 0 Å². The number of hydrogen-bond donors (Lipinski definition) is 3. The number of carbonyl (C=O) groups is 1. The monoisotopic (exact) mass is 292 g/mol. The molecular formula is C14H17ClN4O. The molecule has 0 aliphatic heterocycles. The summed E-state index contributed by atoms with van der Waals surface area (Å²) in [5, 5.41) is 13.5. The Hall–Kier alpha value is -2.01. The van der Waals surface area contributed by atoms with Gasteiger partial charge in [-0.15, -0.1) is 0 Å². The zero-order valence-corrected chi connectivity index (χ0v) is 12.4. The first-order valence-corrected chi connectivity index (χ1v) is 6.66. The molecule has 3 N–H and O–H groups in total. The van der Waals surface area contributed by atoms with Gasteiger partial charge in [-0.25, -0.2) is 0 Å². The van der Waals surface area contributed by atoms with Crippen LogP contribution in [0.5, 0.6) is 0 Å². The van der Waals surface area contributed by atoms with E-state index >= 15 is 0 Å². The quantitative estimate of drug-likeness (QED) is 0.811. The summed E-state index contributed by atoms with van der Waals surface area (Å²) in [6.07, 6.45) is 0. The predicted molar refractivity (Wildman–Crippen MR) is 80.2 cm³/mol. The molecule has 0 fully saturated rings. The summed E-state index contributed by atoms with van der Waals surface area (Å²) in [4.78, 5) is 11.6. The molecule has 106 valence electrons. The molecule has 0 radical (unpaired) electrons. The Balaban J connectivity index is 2.19. The number of nitrogens with one attached hydrogen (secondary N) is 3. The molecule has 0 spiro atoms. The van der Waals surface area contributed by atoms with Crippen LogP contribution < -0.4 is 10.6 Å². The van der Waals surface area contributed by atoms with Gasteiger partial charge in [0, 0.05) is 30.4 Å². The highest BCUT2D eigenvalue weighted by Crippen LogP contribution is 2.24. The second-order valence-electron chi connectivity index (χ2n) is 4.54. The predicted octanol–water partition coefficient (Wildman–Crippen LogP) is 2.65. The lowest BCUT2D eigenvalue weighted by Crippen LogP contribution is -2.17. The number of rotatable bonds is 4. The van der Waals surface area contributed by atoms with Crippen molar-refractivity contribution in [3.8, 4) is 0 Å². The second-order valence-corrected chi connectivity index (χ2v) is 4.95. The maximum Gasteiger partial charge on any atom is 0.251 e. The number of H-pyrrole nitrogens is 1. The molecular weight excluding hydrogens is 276 g/mol. The van der Waals surface area contributed by atoms with Gasteiger partial charge in [0.15, 0.2) is 0 Å². The lowest BCUT2D eigenvalue weighted by atomic mass is 10.1. The van der Waals surface area contributed by atoms with Crippen molar-refractivity contribution in [2.75, 3.05) is 12.4 Å². The minimum absolute atomic E-state index is 0.139. The van der Waals surface area contributed by atoms with Crippen molar-refractivity contribution in [2.24, 2.45) is 0 Å². The van der Waals surface area contributed by atoms with E-state index in [-0.39, 0.29) is 5.91 Å². The number of aromatic nitrogens is 2. The third-order valence-electron chi connectivity index (χ3n) is 3.19. The highest BCUT2D eigenvalue weighted by molar-refractivity contribution is 6.33. The van der Waals surface area contributed by atoms with E-state index in [1.54, 1.807) is 25.2 Å². The van der Waals surface area contributed by atoms with Gasteiger partial charge in [0.25, 0.3) is 5.91 Å². The lowest BCUT2D eigenvalue weighted by Gasteiger charge is -2.10. The Kier molecular flexibility index (Phi) is 4.29. The largest absolute Gasteiger partial charge is 0.380 e. The van der Waals surface area contributed by atoms with Crippen LogP contribution in [0.1, 0.15) is 27.3 Å². The summed E-state index contributed by atoms with van der Waals surface area (Å²) < 4.78 is 0. The third kappa shape index (κ3) is 2.93. The Labute approximate surface area is 122 Å². The van der Waals surface area contributed by atoms with Crippen LogP contribution in [-0.4, -0.2) is 23.2 Å². The summed E-state index contributed by atoms with van der Waals surface area (Å²) >= 11 is 6.15. The maximum atomic E-state index is 11.6. The normalized spacial score (nSPS) is 10.4. The number of anilines is 1. The SMILES string of the molecule is CNC(=O)c1ccc(Cl)c(NCc2c(C)n[nH]c2C)c1. The van der Waals surface area contributed by atoms with E-state index in [4.69, 9.17) is 11.6 Å². The number of halogens is 1. The summed E-state index contributed by atoms with van der Waals surface area (Å²) in [5.41, 5.74) is 4.38. The van der Waals surface area contributed by atoms with Crippen molar-refractivity contribution in [3.05, 3.63) is 45.7 Å². The van der Waals surface area contributed by atoms with Crippen molar-refractivity contribution < 1.29 is 4.79 Å². The Bertz CT molecular complexity index is 617. The van der Waals surface area contributed by atoms with Crippen LogP contribution in [-0.2, 0) is 6.54 Å². The van der Waals surface area contributed by atoms with Gasteiger partial charge in [-0.05, 0) is 32.0 Å². The smallest absolute Gasteiger partial charge is 0.251 e. The third-order valence-corrected chi connectivity index (χ3v) is 3.52. The number of nitrogens with zero attached hydrogens (tertiary/aromatic N) is 1. The molecule has 1 aromatic carbocycles. The summed E-state index contributed by atoms with van der Waals surface area (Å²) in [6.45, 7) is 4.52. The molecule has 20 heavy (non-hydrogen) atoms. The topological polar surface area (TPSA) is 69.8 Å². The van der Waals surface area contributed by atoms with Gasteiger partial charge in [0.05, 0.1) is 16.4 Å². The van der Waals surface area contributed by atoms with Crippen LogP contribution in [0, 0.1) is 13.8 Å². The fourth-order valence-electron chi connectivity index (χ4n) is 1.96. The summed E-state index contributed by atoms with van der Waals surface area (Å²) in [7, 11) is 1.60. The molecule has 0 saturated carbocycles. The summed E-state index contributed by atoms with van der Waals surface area (Å²) in [5.74, 6) is -0.139. The van der Waals surface area contributed by atoms with Crippen LogP contribution in [0.15, 0.2) is 18.2 Å². The molecule has 1 heterocycles. The molecule has 1 amide bonds. The number of carbonyl (C=O) groups excluding carboxylic acids is 1. The number of aryl methyl sites for hydroxylation is 2. The van der Waals surface area contributed by atoms with Gasteiger partial charge in [0.1, 0.15) is 0 Å². The van der Waals surface area contributed by atoms with E-state index in [1.165, 1.54) is 0 Å². The van der Waals surface area contributed by atoms with Crippen molar-refractivity contribution in [1.82, 2.24) is 15.5 Å². The Morgan fingerprint density at radius 1 is 1.40 bits per heavy atom. The standard InChI is InChI=1S/C14H17ClN4O/c1-8-11(9(2)19-18-8)7-17-13-6-10(14(20)16-3)4-5-12(13)15/h4-6,17H,7H2,1-3H3,(H,16,20)(H,18,19). The molecule has 2 aromatic rings. The molecule has 0 aliphatic carbocycles. The molecule has 0 atom stereocenters. The molecule has 5 nitrogen and oxygen atoms in total. The first-order chi connectivity index (χ1) is 9.52. The molecule has 0 saturated heterocycles.